The van der Waals surface area contributed by atoms with Gasteiger partial charge in [-0.25, -0.2) is 4.98 Å². The van der Waals surface area contributed by atoms with Gasteiger partial charge in [0.15, 0.2) is 0 Å². The van der Waals surface area contributed by atoms with Crippen LogP contribution >= 0.6 is 0 Å². The SMILES string of the molecule is COc1ccnc(N(C(C)=O)c2ccccc2)c1. The van der Waals surface area contributed by atoms with Gasteiger partial charge < -0.3 is 4.74 Å². The molecule has 2 aromatic rings. The molecule has 1 aromatic heterocycles. The molecule has 1 aromatic carbocycles. The summed E-state index contributed by atoms with van der Waals surface area (Å²) in [5, 5.41) is 0. The molecule has 0 fully saturated rings. The molecule has 1 amide bonds. The Morgan fingerprint density at radius 1 is 1.22 bits per heavy atom. The predicted molar refractivity (Wildman–Crippen MR) is 70.1 cm³/mol. The Balaban J connectivity index is 2.45. The normalized spacial score (nSPS) is 9.89. The van der Waals surface area contributed by atoms with Crippen molar-refractivity contribution in [2.75, 3.05) is 12.0 Å². The lowest BCUT2D eigenvalue weighted by atomic mass is 10.2. The van der Waals surface area contributed by atoms with Crippen LogP contribution < -0.4 is 9.64 Å². The second kappa shape index (κ2) is 5.31. The van der Waals surface area contributed by atoms with E-state index in [9.17, 15) is 4.79 Å². The number of pyridine rings is 1. The Morgan fingerprint density at radius 2 is 1.94 bits per heavy atom. The van der Waals surface area contributed by atoms with E-state index in [-0.39, 0.29) is 5.91 Å². The minimum Gasteiger partial charge on any atom is -0.497 e. The molecule has 1 heterocycles. The Morgan fingerprint density at radius 3 is 2.56 bits per heavy atom. The molecule has 92 valence electrons. The molecule has 0 N–H and O–H groups in total. The van der Waals surface area contributed by atoms with Gasteiger partial charge in [0.2, 0.25) is 5.91 Å². The molecule has 0 spiro atoms. The zero-order chi connectivity index (χ0) is 13.0. The standard InChI is InChI=1S/C14H14N2O2/c1-11(17)16(12-6-4-3-5-7-12)14-10-13(18-2)8-9-15-14/h3-10H,1-2H3. The molecule has 0 radical (unpaired) electrons. The lowest BCUT2D eigenvalue weighted by molar-refractivity contribution is -0.115. The fourth-order valence-electron chi connectivity index (χ4n) is 1.70. The van der Waals surface area contributed by atoms with Crippen LogP contribution in [0, 0.1) is 0 Å². The van der Waals surface area contributed by atoms with Crippen molar-refractivity contribution in [1.82, 2.24) is 4.98 Å². The number of anilines is 2. The van der Waals surface area contributed by atoms with Crippen molar-refractivity contribution in [3.8, 4) is 5.75 Å². The first-order chi connectivity index (χ1) is 8.72. The van der Waals surface area contributed by atoms with Crippen LogP contribution in [0.3, 0.4) is 0 Å². The Kier molecular flexibility index (Phi) is 3.57. The molecule has 0 aliphatic rings. The third-order valence-corrected chi connectivity index (χ3v) is 2.51. The van der Waals surface area contributed by atoms with E-state index in [1.54, 1.807) is 30.3 Å². The topological polar surface area (TPSA) is 42.4 Å². The lowest BCUT2D eigenvalue weighted by Crippen LogP contribution is -2.23. The summed E-state index contributed by atoms with van der Waals surface area (Å²) in [5.74, 6) is 1.12. The van der Waals surface area contributed by atoms with E-state index >= 15 is 0 Å². The molecule has 0 atom stereocenters. The second-order valence-corrected chi connectivity index (χ2v) is 3.74. The number of amides is 1. The molecular formula is C14H14N2O2. The maximum absolute atomic E-state index is 11.8. The van der Waals surface area contributed by atoms with Gasteiger partial charge in [0, 0.05) is 19.2 Å². The summed E-state index contributed by atoms with van der Waals surface area (Å²) in [6, 6.07) is 12.9. The highest BCUT2D eigenvalue weighted by atomic mass is 16.5. The maximum atomic E-state index is 11.8. The second-order valence-electron chi connectivity index (χ2n) is 3.74. The van der Waals surface area contributed by atoms with Gasteiger partial charge >= 0.3 is 0 Å². The number of methoxy groups -OCH3 is 1. The number of hydrogen-bond donors (Lipinski definition) is 0. The van der Waals surface area contributed by atoms with Crippen molar-refractivity contribution < 1.29 is 9.53 Å². The van der Waals surface area contributed by atoms with Crippen LogP contribution in [0.1, 0.15) is 6.92 Å². The van der Waals surface area contributed by atoms with Crippen LogP contribution in [0.4, 0.5) is 11.5 Å². The van der Waals surface area contributed by atoms with E-state index in [4.69, 9.17) is 4.74 Å². The summed E-state index contributed by atoms with van der Waals surface area (Å²) in [7, 11) is 1.58. The number of hydrogen-bond acceptors (Lipinski definition) is 3. The highest BCUT2D eigenvalue weighted by molar-refractivity contribution is 5.98. The fourth-order valence-corrected chi connectivity index (χ4v) is 1.70. The van der Waals surface area contributed by atoms with Gasteiger partial charge in [-0.05, 0) is 18.2 Å². The first-order valence-electron chi connectivity index (χ1n) is 5.58. The first kappa shape index (κ1) is 12.1. The number of nitrogens with zero attached hydrogens (tertiary/aromatic N) is 2. The monoisotopic (exact) mass is 242 g/mol. The van der Waals surface area contributed by atoms with E-state index < -0.39 is 0 Å². The first-order valence-corrected chi connectivity index (χ1v) is 5.58. The highest BCUT2D eigenvalue weighted by Crippen LogP contribution is 2.25. The summed E-state index contributed by atoms with van der Waals surface area (Å²) >= 11 is 0. The smallest absolute Gasteiger partial charge is 0.229 e. The average Bonchev–Trinajstić information content (AvgIpc) is 2.40. The molecule has 2 rings (SSSR count). The Labute approximate surface area is 106 Å². The average molecular weight is 242 g/mol. The molecule has 0 aliphatic carbocycles. The van der Waals surface area contributed by atoms with E-state index in [2.05, 4.69) is 4.98 Å². The third kappa shape index (κ3) is 2.48. The van der Waals surface area contributed by atoms with Crippen LogP contribution in [-0.2, 0) is 4.79 Å². The minimum atomic E-state index is -0.0954. The van der Waals surface area contributed by atoms with Crippen molar-refractivity contribution in [3.63, 3.8) is 0 Å². The van der Waals surface area contributed by atoms with Crippen molar-refractivity contribution in [3.05, 3.63) is 48.7 Å². The van der Waals surface area contributed by atoms with Crippen molar-refractivity contribution >= 4 is 17.4 Å². The zero-order valence-corrected chi connectivity index (χ0v) is 10.3. The fraction of sp³-hybridized carbons (Fsp3) is 0.143. The number of rotatable bonds is 3. The van der Waals surface area contributed by atoms with Gasteiger partial charge in [-0.3, -0.25) is 9.69 Å². The molecular weight excluding hydrogens is 228 g/mol. The summed E-state index contributed by atoms with van der Waals surface area (Å²) in [6.45, 7) is 1.51. The van der Waals surface area contributed by atoms with Crippen molar-refractivity contribution in [1.29, 1.82) is 0 Å². The van der Waals surface area contributed by atoms with E-state index in [0.29, 0.717) is 11.6 Å². The van der Waals surface area contributed by atoms with E-state index in [1.807, 2.05) is 30.3 Å². The maximum Gasteiger partial charge on any atom is 0.229 e. The quantitative estimate of drug-likeness (QED) is 0.831. The van der Waals surface area contributed by atoms with Crippen LogP contribution in [0.25, 0.3) is 0 Å². The largest absolute Gasteiger partial charge is 0.497 e. The predicted octanol–water partition coefficient (Wildman–Crippen LogP) is 2.77. The highest BCUT2D eigenvalue weighted by Gasteiger charge is 2.15. The molecule has 0 saturated heterocycles. The Bertz CT molecular complexity index is 541. The van der Waals surface area contributed by atoms with Crippen LogP contribution in [0.2, 0.25) is 0 Å². The molecule has 4 nitrogen and oxygen atoms in total. The molecule has 0 bridgehead atoms. The van der Waals surface area contributed by atoms with Crippen LogP contribution in [-0.4, -0.2) is 18.0 Å². The number of carbonyl (C=O) groups is 1. The molecule has 0 unspecified atom stereocenters. The minimum absolute atomic E-state index is 0.0954. The van der Waals surface area contributed by atoms with Gasteiger partial charge in [0.05, 0.1) is 12.8 Å². The summed E-state index contributed by atoms with van der Waals surface area (Å²) in [5.41, 5.74) is 0.783. The van der Waals surface area contributed by atoms with Gasteiger partial charge in [0.25, 0.3) is 0 Å². The summed E-state index contributed by atoms with van der Waals surface area (Å²) < 4.78 is 5.14. The van der Waals surface area contributed by atoms with Gasteiger partial charge in [0.1, 0.15) is 11.6 Å². The number of para-hydroxylation sites is 1. The number of aromatic nitrogens is 1. The summed E-state index contributed by atoms with van der Waals surface area (Å²) in [6.07, 6.45) is 1.62. The van der Waals surface area contributed by atoms with Gasteiger partial charge in [-0.1, -0.05) is 18.2 Å². The van der Waals surface area contributed by atoms with Crippen LogP contribution in [0.5, 0.6) is 5.75 Å². The molecule has 18 heavy (non-hydrogen) atoms. The third-order valence-electron chi connectivity index (χ3n) is 2.51. The van der Waals surface area contributed by atoms with Crippen molar-refractivity contribution in [2.24, 2.45) is 0 Å². The van der Waals surface area contributed by atoms with Crippen molar-refractivity contribution in [2.45, 2.75) is 6.92 Å². The molecule has 4 heteroatoms. The number of carbonyl (C=O) groups excluding carboxylic acids is 1. The van der Waals surface area contributed by atoms with Crippen LogP contribution in [0.15, 0.2) is 48.7 Å². The van der Waals surface area contributed by atoms with E-state index in [1.165, 1.54) is 6.92 Å². The number of ether oxygens (including phenoxy) is 1. The zero-order valence-electron chi connectivity index (χ0n) is 10.3. The summed E-state index contributed by atoms with van der Waals surface area (Å²) in [4.78, 5) is 17.5. The lowest BCUT2D eigenvalue weighted by Gasteiger charge is -2.20. The van der Waals surface area contributed by atoms with E-state index in [0.717, 1.165) is 5.69 Å². The molecule has 0 saturated carbocycles. The van der Waals surface area contributed by atoms with Gasteiger partial charge in [-0.15, -0.1) is 0 Å². The Hall–Kier alpha value is -2.36. The molecule has 0 aliphatic heterocycles. The number of benzene rings is 1. The van der Waals surface area contributed by atoms with Gasteiger partial charge in [-0.2, -0.15) is 0 Å².